The topological polar surface area (TPSA) is 38.0 Å². The first-order chi connectivity index (χ1) is 7.15. The van der Waals surface area contributed by atoms with Crippen LogP contribution in [0, 0.1) is 17.8 Å². The summed E-state index contributed by atoms with van der Waals surface area (Å²) in [6.45, 7) is 5.10. The molecule has 1 aliphatic heterocycles. The number of hydrogen-bond acceptors (Lipinski definition) is 2. The minimum atomic E-state index is -0.611. The second-order valence-electron chi connectivity index (χ2n) is 5.37. The molecular weight excluding hydrogens is 191 g/mol. The van der Waals surface area contributed by atoms with E-state index >= 15 is 0 Å². The molecule has 0 amide bonds. The Bertz CT molecular complexity index is 222. The van der Waals surface area contributed by atoms with Crippen molar-refractivity contribution >= 4 is 0 Å². The van der Waals surface area contributed by atoms with E-state index in [-0.39, 0.29) is 5.92 Å². The van der Waals surface area contributed by atoms with Gasteiger partial charge in [0.05, 0.1) is 0 Å². The van der Waals surface area contributed by atoms with Crippen LogP contribution >= 0.6 is 0 Å². The lowest BCUT2D eigenvalue weighted by Gasteiger charge is -2.36. The molecule has 1 aliphatic carbocycles. The number of rotatable bonds is 2. The van der Waals surface area contributed by atoms with Crippen LogP contribution in [-0.4, -0.2) is 24.8 Å². The van der Waals surface area contributed by atoms with E-state index in [1.807, 2.05) is 0 Å². The first-order valence-corrected chi connectivity index (χ1v) is 6.25. The highest BCUT2D eigenvalue weighted by Gasteiger charge is 2.48. The summed E-state index contributed by atoms with van der Waals surface area (Å²) in [6, 6.07) is 0.822. The standard InChI is InChI=1S/C12H23FN2/c1-7-3-4-10(13)11-9(5-6-14)8(2)15-12(7)11/h7-12,15H,3-6,14H2,1-2H3. The van der Waals surface area contributed by atoms with Crippen molar-refractivity contribution in [3.63, 3.8) is 0 Å². The van der Waals surface area contributed by atoms with E-state index in [0.717, 1.165) is 19.3 Å². The van der Waals surface area contributed by atoms with Crippen LogP contribution in [0.2, 0.25) is 0 Å². The van der Waals surface area contributed by atoms with Gasteiger partial charge < -0.3 is 11.1 Å². The van der Waals surface area contributed by atoms with Crippen molar-refractivity contribution in [1.82, 2.24) is 5.32 Å². The molecule has 2 fully saturated rings. The smallest absolute Gasteiger partial charge is 0.105 e. The van der Waals surface area contributed by atoms with Gasteiger partial charge in [0.25, 0.3) is 0 Å². The highest BCUT2D eigenvalue weighted by molar-refractivity contribution is 5.03. The minimum Gasteiger partial charge on any atom is -0.330 e. The Kier molecular flexibility index (Phi) is 3.31. The molecule has 0 aromatic heterocycles. The molecule has 3 N–H and O–H groups in total. The average molecular weight is 214 g/mol. The van der Waals surface area contributed by atoms with Crippen LogP contribution < -0.4 is 11.1 Å². The van der Waals surface area contributed by atoms with Crippen LogP contribution in [0.4, 0.5) is 4.39 Å². The van der Waals surface area contributed by atoms with Crippen molar-refractivity contribution in [1.29, 1.82) is 0 Å². The van der Waals surface area contributed by atoms with E-state index in [4.69, 9.17) is 5.73 Å². The van der Waals surface area contributed by atoms with Gasteiger partial charge in [-0.1, -0.05) is 6.92 Å². The van der Waals surface area contributed by atoms with E-state index in [1.165, 1.54) is 0 Å². The molecule has 1 saturated carbocycles. The number of nitrogens with one attached hydrogen (secondary N) is 1. The van der Waals surface area contributed by atoms with Gasteiger partial charge in [-0.25, -0.2) is 4.39 Å². The highest BCUT2D eigenvalue weighted by Crippen LogP contribution is 2.43. The molecular formula is C12H23FN2. The molecule has 88 valence electrons. The van der Waals surface area contributed by atoms with Crippen LogP contribution in [0.5, 0.6) is 0 Å². The second-order valence-corrected chi connectivity index (χ2v) is 5.37. The Morgan fingerprint density at radius 3 is 2.73 bits per heavy atom. The Hall–Kier alpha value is -0.150. The van der Waals surface area contributed by atoms with Gasteiger partial charge in [-0.2, -0.15) is 0 Å². The maximum absolute atomic E-state index is 14.0. The van der Waals surface area contributed by atoms with Crippen LogP contribution in [0.1, 0.15) is 33.1 Å². The lowest BCUT2D eigenvalue weighted by Crippen LogP contribution is -2.43. The van der Waals surface area contributed by atoms with Gasteiger partial charge in [-0.3, -0.25) is 0 Å². The number of alkyl halides is 1. The summed E-state index contributed by atoms with van der Waals surface area (Å²) in [5.74, 6) is 1.28. The number of fused-ring (bicyclic) bond motifs is 1. The molecule has 2 aliphatic rings. The first kappa shape index (κ1) is 11.3. The zero-order valence-corrected chi connectivity index (χ0v) is 9.75. The largest absolute Gasteiger partial charge is 0.330 e. The molecule has 3 heteroatoms. The van der Waals surface area contributed by atoms with E-state index in [0.29, 0.717) is 30.5 Å². The fourth-order valence-corrected chi connectivity index (χ4v) is 3.60. The van der Waals surface area contributed by atoms with Crippen molar-refractivity contribution in [3.05, 3.63) is 0 Å². The molecule has 0 spiro atoms. The molecule has 0 bridgehead atoms. The van der Waals surface area contributed by atoms with Crippen LogP contribution in [-0.2, 0) is 0 Å². The lowest BCUT2D eigenvalue weighted by atomic mass is 9.72. The maximum atomic E-state index is 14.0. The molecule has 2 rings (SSSR count). The number of nitrogens with two attached hydrogens (primary N) is 1. The predicted octanol–water partition coefficient (Wildman–Crippen LogP) is 1.70. The summed E-state index contributed by atoms with van der Waals surface area (Å²) >= 11 is 0. The molecule has 0 radical (unpaired) electrons. The second kappa shape index (κ2) is 4.38. The zero-order chi connectivity index (χ0) is 11.0. The van der Waals surface area contributed by atoms with Crippen LogP contribution in [0.15, 0.2) is 0 Å². The summed E-state index contributed by atoms with van der Waals surface area (Å²) in [5, 5.41) is 3.58. The van der Waals surface area contributed by atoms with Gasteiger partial charge in [-0.05, 0) is 44.6 Å². The molecule has 6 unspecified atom stereocenters. The summed E-state index contributed by atoms with van der Waals surface area (Å²) in [6.07, 6.45) is 2.12. The van der Waals surface area contributed by atoms with Gasteiger partial charge in [0.1, 0.15) is 6.17 Å². The van der Waals surface area contributed by atoms with Gasteiger partial charge in [0.15, 0.2) is 0 Å². The van der Waals surface area contributed by atoms with Crippen molar-refractivity contribution < 1.29 is 4.39 Å². The van der Waals surface area contributed by atoms with Crippen molar-refractivity contribution in [2.24, 2.45) is 23.5 Å². The van der Waals surface area contributed by atoms with Crippen molar-refractivity contribution in [2.75, 3.05) is 6.54 Å². The van der Waals surface area contributed by atoms with Crippen molar-refractivity contribution in [3.8, 4) is 0 Å². The fraction of sp³-hybridized carbons (Fsp3) is 1.00. The molecule has 2 nitrogen and oxygen atoms in total. The summed E-state index contributed by atoms with van der Waals surface area (Å²) in [4.78, 5) is 0. The third-order valence-electron chi connectivity index (χ3n) is 4.44. The maximum Gasteiger partial charge on any atom is 0.105 e. The zero-order valence-electron chi connectivity index (χ0n) is 9.75. The lowest BCUT2D eigenvalue weighted by molar-refractivity contribution is 0.0913. The normalized spacial score (nSPS) is 50.4. The summed E-state index contributed by atoms with van der Waals surface area (Å²) in [5.41, 5.74) is 5.62. The van der Waals surface area contributed by atoms with Gasteiger partial charge in [0, 0.05) is 18.0 Å². The summed E-state index contributed by atoms with van der Waals surface area (Å²) < 4.78 is 14.0. The summed E-state index contributed by atoms with van der Waals surface area (Å²) in [7, 11) is 0. The van der Waals surface area contributed by atoms with Gasteiger partial charge in [-0.15, -0.1) is 0 Å². The predicted molar refractivity (Wildman–Crippen MR) is 60.3 cm³/mol. The third kappa shape index (κ3) is 1.92. The fourth-order valence-electron chi connectivity index (χ4n) is 3.60. The minimum absolute atomic E-state index is 0.215. The van der Waals surface area contributed by atoms with Crippen LogP contribution in [0.3, 0.4) is 0 Å². The number of halogens is 1. The SMILES string of the molecule is CC1CCC(F)C2C(CCN)C(C)NC12. The quantitative estimate of drug-likeness (QED) is 0.734. The highest BCUT2D eigenvalue weighted by atomic mass is 19.1. The molecule has 1 saturated heterocycles. The van der Waals surface area contributed by atoms with E-state index in [1.54, 1.807) is 0 Å². The molecule has 0 aromatic carbocycles. The number of hydrogen-bond donors (Lipinski definition) is 2. The van der Waals surface area contributed by atoms with Crippen LogP contribution in [0.25, 0.3) is 0 Å². The third-order valence-corrected chi connectivity index (χ3v) is 4.44. The van der Waals surface area contributed by atoms with Gasteiger partial charge in [0.2, 0.25) is 0 Å². The molecule has 15 heavy (non-hydrogen) atoms. The Balaban J connectivity index is 2.13. The molecule has 1 heterocycles. The Morgan fingerprint density at radius 1 is 1.33 bits per heavy atom. The van der Waals surface area contributed by atoms with E-state index in [2.05, 4.69) is 19.2 Å². The van der Waals surface area contributed by atoms with E-state index < -0.39 is 6.17 Å². The monoisotopic (exact) mass is 214 g/mol. The van der Waals surface area contributed by atoms with Gasteiger partial charge >= 0.3 is 0 Å². The van der Waals surface area contributed by atoms with Crippen molar-refractivity contribution in [2.45, 2.75) is 51.4 Å². The first-order valence-electron chi connectivity index (χ1n) is 6.25. The molecule has 0 aromatic rings. The molecule has 6 atom stereocenters. The van der Waals surface area contributed by atoms with E-state index in [9.17, 15) is 4.39 Å². The Morgan fingerprint density at radius 2 is 2.07 bits per heavy atom. The Labute approximate surface area is 91.8 Å². The average Bonchev–Trinajstić information content (AvgIpc) is 2.53.